The number of hydrogen-bond acceptors (Lipinski definition) is 5. The molecule has 1 aliphatic heterocycles. The van der Waals surface area contributed by atoms with Crippen LogP contribution in [-0.2, 0) is 4.74 Å². The number of rotatable bonds is 0. The van der Waals surface area contributed by atoms with Gasteiger partial charge in [-0.25, -0.2) is 0 Å². The van der Waals surface area contributed by atoms with E-state index in [1.807, 2.05) is 0 Å². The van der Waals surface area contributed by atoms with Gasteiger partial charge in [-0.05, 0) is 0 Å². The molecule has 1 fully saturated rings. The zero-order valence-electron chi connectivity index (χ0n) is 5.34. The van der Waals surface area contributed by atoms with E-state index in [1.165, 1.54) is 0 Å². The van der Waals surface area contributed by atoms with E-state index in [0.717, 1.165) is 0 Å². The molecule has 1 saturated heterocycles. The second-order valence-corrected chi connectivity index (χ2v) is 2.37. The highest BCUT2D eigenvalue weighted by Gasteiger charge is 2.35. The van der Waals surface area contributed by atoms with E-state index in [0.29, 0.717) is 0 Å². The predicted molar refractivity (Wildman–Crippen MR) is 31.9 cm³/mol. The van der Waals surface area contributed by atoms with Gasteiger partial charge in [0.05, 0.1) is 12.6 Å². The fourth-order valence-electron chi connectivity index (χ4n) is 0.829. The second-order valence-electron chi connectivity index (χ2n) is 2.37. The van der Waals surface area contributed by atoms with E-state index in [9.17, 15) is 0 Å². The summed E-state index contributed by atoms with van der Waals surface area (Å²) in [7, 11) is 0. The van der Waals surface area contributed by atoms with Crippen LogP contribution >= 0.6 is 0 Å². The number of nitrogens with two attached hydrogens (primary N) is 1. The molecule has 0 aromatic heterocycles. The Morgan fingerprint density at radius 3 is 2.30 bits per heavy atom. The van der Waals surface area contributed by atoms with Gasteiger partial charge in [0.2, 0.25) is 0 Å². The lowest BCUT2D eigenvalue weighted by molar-refractivity contribution is -0.225. The van der Waals surface area contributed by atoms with Crippen LogP contribution in [0.5, 0.6) is 0 Å². The molecule has 0 aromatic carbocycles. The quantitative estimate of drug-likeness (QED) is 0.302. The highest BCUT2D eigenvalue weighted by atomic mass is 16.6. The summed E-state index contributed by atoms with van der Waals surface area (Å²) >= 11 is 0. The van der Waals surface area contributed by atoms with Gasteiger partial charge in [-0.1, -0.05) is 0 Å². The van der Waals surface area contributed by atoms with Crippen LogP contribution < -0.4 is 5.73 Å². The van der Waals surface area contributed by atoms with E-state index in [4.69, 9.17) is 21.1 Å². The van der Waals surface area contributed by atoms with Crippen LogP contribution in [0.25, 0.3) is 0 Å². The van der Waals surface area contributed by atoms with Crippen molar-refractivity contribution in [3.8, 4) is 0 Å². The number of aliphatic hydroxyl groups excluding tert-OH is 3. The van der Waals surface area contributed by atoms with Crippen LogP contribution in [-0.4, -0.2) is 46.5 Å². The van der Waals surface area contributed by atoms with Crippen molar-refractivity contribution in [3.05, 3.63) is 0 Å². The minimum atomic E-state index is -1.31. The molecule has 5 N–H and O–H groups in total. The topological polar surface area (TPSA) is 95.9 Å². The van der Waals surface area contributed by atoms with Gasteiger partial charge in [-0.2, -0.15) is 0 Å². The standard InChI is InChI=1S/C5H11NO4/c6-2-1-10-5(9)4(8)3(2)7/h2-5,7-9H,1,6H2/t2-,3-,4+,5?/m1/s1. The fraction of sp³-hybridized carbons (Fsp3) is 1.00. The number of hydrogen-bond donors (Lipinski definition) is 4. The van der Waals surface area contributed by atoms with Crippen molar-refractivity contribution >= 4 is 0 Å². The Bertz CT molecular complexity index is 106. The van der Waals surface area contributed by atoms with Gasteiger partial charge in [-0.3, -0.25) is 0 Å². The van der Waals surface area contributed by atoms with Crippen molar-refractivity contribution in [3.63, 3.8) is 0 Å². The molecular weight excluding hydrogens is 138 g/mol. The Morgan fingerprint density at radius 1 is 1.20 bits per heavy atom. The molecule has 0 aromatic rings. The highest BCUT2D eigenvalue weighted by Crippen LogP contribution is 2.11. The molecule has 4 atom stereocenters. The smallest absolute Gasteiger partial charge is 0.183 e. The zero-order valence-corrected chi connectivity index (χ0v) is 5.34. The van der Waals surface area contributed by atoms with E-state index in [1.54, 1.807) is 0 Å². The molecule has 10 heavy (non-hydrogen) atoms. The zero-order chi connectivity index (χ0) is 7.72. The lowest BCUT2D eigenvalue weighted by Gasteiger charge is -2.32. The lowest BCUT2D eigenvalue weighted by Crippen LogP contribution is -2.56. The van der Waals surface area contributed by atoms with Crippen LogP contribution in [0.2, 0.25) is 0 Å². The third kappa shape index (κ3) is 1.28. The van der Waals surface area contributed by atoms with Gasteiger partial charge in [-0.15, -0.1) is 0 Å². The molecule has 0 bridgehead atoms. The Kier molecular flexibility index (Phi) is 2.22. The van der Waals surface area contributed by atoms with Crippen LogP contribution in [0.4, 0.5) is 0 Å². The largest absolute Gasteiger partial charge is 0.388 e. The van der Waals surface area contributed by atoms with Gasteiger partial charge in [0, 0.05) is 0 Å². The maximum absolute atomic E-state index is 9.00. The average molecular weight is 149 g/mol. The molecule has 1 unspecified atom stereocenters. The summed E-state index contributed by atoms with van der Waals surface area (Å²) < 4.78 is 4.59. The van der Waals surface area contributed by atoms with Crippen LogP contribution in [0.3, 0.4) is 0 Å². The molecule has 0 radical (unpaired) electrons. The molecular formula is C5H11NO4. The summed E-state index contributed by atoms with van der Waals surface area (Å²) in [4.78, 5) is 0. The van der Waals surface area contributed by atoms with E-state index >= 15 is 0 Å². The predicted octanol–water partition coefficient (Wildman–Crippen LogP) is -2.62. The second kappa shape index (κ2) is 2.81. The van der Waals surface area contributed by atoms with Gasteiger partial charge >= 0.3 is 0 Å². The van der Waals surface area contributed by atoms with Crippen molar-refractivity contribution in [2.45, 2.75) is 24.5 Å². The van der Waals surface area contributed by atoms with Gasteiger partial charge in [0.15, 0.2) is 6.29 Å². The summed E-state index contributed by atoms with van der Waals surface area (Å²) in [5.74, 6) is 0. The maximum atomic E-state index is 9.00. The summed E-state index contributed by atoms with van der Waals surface area (Å²) in [6, 6.07) is -0.613. The molecule has 5 nitrogen and oxygen atoms in total. The first-order valence-corrected chi connectivity index (χ1v) is 3.04. The Hall–Kier alpha value is -0.200. The molecule has 5 heteroatoms. The first kappa shape index (κ1) is 7.90. The molecule has 0 spiro atoms. The Balaban J connectivity index is 2.52. The van der Waals surface area contributed by atoms with Crippen molar-refractivity contribution in [1.82, 2.24) is 0 Å². The Morgan fingerprint density at radius 2 is 1.80 bits per heavy atom. The van der Waals surface area contributed by atoms with Crippen molar-refractivity contribution in [2.75, 3.05) is 6.61 Å². The number of aliphatic hydroxyl groups is 3. The lowest BCUT2D eigenvalue weighted by atomic mass is 10.0. The monoisotopic (exact) mass is 149 g/mol. The molecule has 1 aliphatic rings. The van der Waals surface area contributed by atoms with Crippen LogP contribution in [0.1, 0.15) is 0 Å². The third-order valence-electron chi connectivity index (χ3n) is 1.54. The average Bonchev–Trinajstić information content (AvgIpc) is 1.93. The Labute approximate surface area is 58.0 Å². The number of ether oxygens (including phenoxy) is 1. The molecule has 0 aliphatic carbocycles. The summed E-state index contributed by atoms with van der Waals surface area (Å²) in [5, 5.41) is 26.7. The van der Waals surface area contributed by atoms with Gasteiger partial charge < -0.3 is 25.8 Å². The summed E-state index contributed by atoms with van der Waals surface area (Å²) in [5.41, 5.74) is 5.28. The summed E-state index contributed by atoms with van der Waals surface area (Å²) in [6.45, 7) is 0.0688. The summed E-state index contributed by atoms with van der Waals surface area (Å²) in [6.07, 6.45) is -3.69. The molecule has 60 valence electrons. The SMILES string of the molecule is N[C@@H]1COC(O)[C@@H](O)[C@@H]1O. The first-order chi connectivity index (χ1) is 4.63. The molecule has 1 heterocycles. The molecule has 1 rings (SSSR count). The molecule has 0 amide bonds. The van der Waals surface area contributed by atoms with Gasteiger partial charge in [0.1, 0.15) is 12.2 Å². The maximum Gasteiger partial charge on any atom is 0.183 e. The normalized spacial score (nSPS) is 49.2. The molecule has 0 saturated carbocycles. The van der Waals surface area contributed by atoms with Crippen molar-refractivity contribution in [2.24, 2.45) is 5.73 Å². The highest BCUT2D eigenvalue weighted by molar-refractivity contribution is 4.84. The first-order valence-electron chi connectivity index (χ1n) is 3.04. The van der Waals surface area contributed by atoms with Gasteiger partial charge in [0.25, 0.3) is 0 Å². The van der Waals surface area contributed by atoms with Crippen LogP contribution in [0, 0.1) is 0 Å². The van der Waals surface area contributed by atoms with E-state index in [-0.39, 0.29) is 6.61 Å². The minimum Gasteiger partial charge on any atom is -0.388 e. The van der Waals surface area contributed by atoms with Crippen molar-refractivity contribution in [1.29, 1.82) is 0 Å². The fourth-order valence-corrected chi connectivity index (χ4v) is 0.829. The van der Waals surface area contributed by atoms with E-state index in [2.05, 4.69) is 4.74 Å². The minimum absolute atomic E-state index is 0.0688. The van der Waals surface area contributed by atoms with Crippen LogP contribution in [0.15, 0.2) is 0 Å². The van der Waals surface area contributed by atoms with Crippen molar-refractivity contribution < 1.29 is 20.1 Å². The third-order valence-corrected chi connectivity index (χ3v) is 1.54. The van der Waals surface area contributed by atoms with E-state index < -0.39 is 24.5 Å².